The summed E-state index contributed by atoms with van der Waals surface area (Å²) >= 11 is 6.33. The Hall–Kier alpha value is -1.22. The molecular formula is C16H23ClO3. The van der Waals surface area contributed by atoms with E-state index in [0.717, 1.165) is 22.4 Å². The Bertz CT molecular complexity index is 519. The molecule has 0 spiro atoms. The minimum atomic E-state index is -0.831. The van der Waals surface area contributed by atoms with Crippen molar-refractivity contribution in [3.8, 4) is 5.75 Å². The lowest BCUT2D eigenvalue weighted by Gasteiger charge is -2.30. The fraction of sp³-hybridized carbons (Fsp3) is 0.562. The molecule has 1 N–H and O–H groups in total. The second-order valence-corrected chi connectivity index (χ2v) is 6.50. The molecule has 0 amide bonds. The average Bonchev–Trinajstić information content (AvgIpc) is 2.29. The summed E-state index contributed by atoms with van der Waals surface area (Å²) in [6.45, 7) is 9.86. The lowest BCUT2D eigenvalue weighted by Crippen LogP contribution is -2.24. The Morgan fingerprint density at radius 1 is 1.45 bits per heavy atom. The first-order valence-electron chi connectivity index (χ1n) is 6.71. The quantitative estimate of drug-likeness (QED) is 0.868. The van der Waals surface area contributed by atoms with Crippen molar-refractivity contribution in [3.05, 3.63) is 27.8 Å². The highest BCUT2D eigenvalue weighted by Gasteiger charge is 2.32. The summed E-state index contributed by atoms with van der Waals surface area (Å²) < 4.78 is 5.59. The number of benzene rings is 1. The molecular weight excluding hydrogens is 276 g/mol. The van der Waals surface area contributed by atoms with Gasteiger partial charge in [-0.15, -0.1) is 0 Å². The van der Waals surface area contributed by atoms with Gasteiger partial charge in [-0.2, -0.15) is 0 Å². The molecule has 0 aliphatic rings. The largest absolute Gasteiger partial charge is 0.496 e. The Labute approximate surface area is 125 Å². The highest BCUT2D eigenvalue weighted by molar-refractivity contribution is 6.31. The summed E-state index contributed by atoms with van der Waals surface area (Å²) in [5.41, 5.74) is 2.24. The van der Waals surface area contributed by atoms with Crippen LogP contribution in [-0.2, 0) is 10.2 Å². The van der Waals surface area contributed by atoms with Crippen LogP contribution in [0.3, 0.4) is 0 Å². The standard InChI is InChI=1S/C16H23ClO3/c1-9(2)11-7-12(17)10(3)14(15(11)20-6)16(4,5)8-13(18)19/h7,9H,8H2,1-6H3,(H,18,19). The normalized spacial score (nSPS) is 11.8. The number of halogens is 1. The smallest absolute Gasteiger partial charge is 0.304 e. The van der Waals surface area contributed by atoms with Crippen LogP contribution in [0, 0.1) is 6.92 Å². The fourth-order valence-corrected chi connectivity index (χ4v) is 2.89. The number of aliphatic carboxylic acids is 1. The third kappa shape index (κ3) is 3.26. The number of carboxylic acid groups (broad SMARTS) is 1. The summed E-state index contributed by atoms with van der Waals surface area (Å²) in [6, 6.07) is 1.92. The molecule has 20 heavy (non-hydrogen) atoms. The van der Waals surface area contributed by atoms with Crippen LogP contribution in [0.25, 0.3) is 0 Å². The van der Waals surface area contributed by atoms with Gasteiger partial charge in [0.25, 0.3) is 0 Å². The summed E-state index contributed by atoms with van der Waals surface area (Å²) in [4.78, 5) is 11.1. The molecule has 0 saturated heterocycles. The molecule has 0 bridgehead atoms. The number of rotatable bonds is 5. The molecule has 112 valence electrons. The van der Waals surface area contributed by atoms with E-state index in [9.17, 15) is 4.79 Å². The van der Waals surface area contributed by atoms with E-state index < -0.39 is 11.4 Å². The highest BCUT2D eigenvalue weighted by Crippen LogP contribution is 2.43. The number of methoxy groups -OCH3 is 1. The Morgan fingerprint density at radius 3 is 2.40 bits per heavy atom. The van der Waals surface area contributed by atoms with Gasteiger partial charge in [0.1, 0.15) is 5.75 Å². The summed E-state index contributed by atoms with van der Waals surface area (Å²) in [5.74, 6) is 0.179. The molecule has 1 aromatic carbocycles. The summed E-state index contributed by atoms with van der Waals surface area (Å²) in [5, 5.41) is 9.79. The van der Waals surface area contributed by atoms with E-state index in [1.807, 2.05) is 26.8 Å². The molecule has 3 nitrogen and oxygen atoms in total. The van der Waals surface area contributed by atoms with Gasteiger partial charge in [-0.25, -0.2) is 0 Å². The minimum absolute atomic E-state index is 0.0298. The van der Waals surface area contributed by atoms with Crippen LogP contribution in [0.15, 0.2) is 6.07 Å². The van der Waals surface area contributed by atoms with E-state index in [0.29, 0.717) is 5.02 Å². The predicted octanol–water partition coefficient (Wildman–Crippen LogP) is 4.53. The molecule has 0 saturated carbocycles. The maximum atomic E-state index is 11.1. The molecule has 4 heteroatoms. The lowest BCUT2D eigenvalue weighted by molar-refractivity contribution is -0.138. The van der Waals surface area contributed by atoms with Crippen LogP contribution in [0.2, 0.25) is 5.02 Å². The third-order valence-electron chi connectivity index (χ3n) is 3.60. The second kappa shape index (κ2) is 6.04. The SMILES string of the molecule is COc1c(C(C)C)cc(Cl)c(C)c1C(C)(C)CC(=O)O. The Balaban J connectivity index is 3.62. The van der Waals surface area contributed by atoms with E-state index >= 15 is 0 Å². The van der Waals surface area contributed by atoms with Crippen molar-refractivity contribution < 1.29 is 14.6 Å². The summed E-state index contributed by atoms with van der Waals surface area (Å²) in [6.07, 6.45) is 0.0298. The number of hydrogen-bond donors (Lipinski definition) is 1. The van der Waals surface area contributed by atoms with E-state index in [-0.39, 0.29) is 12.3 Å². The molecule has 0 aliphatic carbocycles. The van der Waals surface area contributed by atoms with Crippen molar-refractivity contribution in [2.45, 2.75) is 52.4 Å². The second-order valence-electron chi connectivity index (χ2n) is 6.09. The van der Waals surface area contributed by atoms with Crippen molar-refractivity contribution in [2.24, 2.45) is 0 Å². The van der Waals surface area contributed by atoms with E-state index in [4.69, 9.17) is 21.4 Å². The first-order valence-corrected chi connectivity index (χ1v) is 7.08. The van der Waals surface area contributed by atoms with Crippen LogP contribution in [0.4, 0.5) is 0 Å². The van der Waals surface area contributed by atoms with E-state index in [1.165, 1.54) is 0 Å². The maximum Gasteiger partial charge on any atom is 0.304 e. The van der Waals surface area contributed by atoms with Crippen molar-refractivity contribution >= 4 is 17.6 Å². The lowest BCUT2D eigenvalue weighted by atomic mass is 9.77. The molecule has 0 fully saturated rings. The summed E-state index contributed by atoms with van der Waals surface area (Å²) in [7, 11) is 1.62. The molecule has 0 aliphatic heterocycles. The van der Waals surface area contributed by atoms with Gasteiger partial charge in [0, 0.05) is 16.0 Å². The van der Waals surface area contributed by atoms with Gasteiger partial charge >= 0.3 is 5.97 Å². The Morgan fingerprint density at radius 2 is 2.00 bits per heavy atom. The highest BCUT2D eigenvalue weighted by atomic mass is 35.5. The fourth-order valence-electron chi connectivity index (χ4n) is 2.67. The number of hydrogen-bond acceptors (Lipinski definition) is 2. The zero-order valence-electron chi connectivity index (χ0n) is 13.0. The number of carbonyl (C=O) groups is 1. The van der Waals surface area contributed by atoms with Gasteiger partial charge in [0.05, 0.1) is 13.5 Å². The van der Waals surface area contributed by atoms with Gasteiger partial charge in [0.2, 0.25) is 0 Å². The molecule has 1 aromatic rings. The van der Waals surface area contributed by atoms with Gasteiger partial charge in [-0.3, -0.25) is 4.79 Å². The first kappa shape index (κ1) is 16.8. The molecule has 1 rings (SSSR count). The zero-order chi connectivity index (χ0) is 15.7. The molecule has 0 unspecified atom stereocenters. The van der Waals surface area contributed by atoms with Crippen molar-refractivity contribution in [1.82, 2.24) is 0 Å². The number of ether oxygens (including phenoxy) is 1. The van der Waals surface area contributed by atoms with Crippen LogP contribution in [-0.4, -0.2) is 18.2 Å². The van der Waals surface area contributed by atoms with Crippen molar-refractivity contribution in [2.75, 3.05) is 7.11 Å². The topological polar surface area (TPSA) is 46.5 Å². The third-order valence-corrected chi connectivity index (χ3v) is 3.99. The van der Waals surface area contributed by atoms with Gasteiger partial charge in [-0.05, 0) is 30.0 Å². The van der Waals surface area contributed by atoms with E-state index in [1.54, 1.807) is 7.11 Å². The van der Waals surface area contributed by atoms with Crippen LogP contribution >= 0.6 is 11.6 Å². The molecule has 0 heterocycles. The first-order chi connectivity index (χ1) is 9.11. The van der Waals surface area contributed by atoms with Crippen molar-refractivity contribution in [3.63, 3.8) is 0 Å². The van der Waals surface area contributed by atoms with Crippen LogP contribution in [0.5, 0.6) is 5.75 Å². The minimum Gasteiger partial charge on any atom is -0.496 e. The van der Waals surface area contributed by atoms with Gasteiger partial charge < -0.3 is 9.84 Å². The van der Waals surface area contributed by atoms with Crippen molar-refractivity contribution in [1.29, 1.82) is 0 Å². The van der Waals surface area contributed by atoms with E-state index in [2.05, 4.69) is 13.8 Å². The van der Waals surface area contributed by atoms with Gasteiger partial charge in [-0.1, -0.05) is 39.3 Å². The van der Waals surface area contributed by atoms with Crippen LogP contribution < -0.4 is 4.74 Å². The maximum absolute atomic E-state index is 11.1. The molecule has 0 aromatic heterocycles. The molecule has 0 atom stereocenters. The van der Waals surface area contributed by atoms with Gasteiger partial charge in [0.15, 0.2) is 0 Å². The monoisotopic (exact) mass is 298 g/mol. The Kier molecular flexibility index (Phi) is 5.09. The average molecular weight is 299 g/mol. The molecule has 0 radical (unpaired) electrons. The van der Waals surface area contributed by atoms with Crippen LogP contribution in [0.1, 0.15) is 56.7 Å². The zero-order valence-corrected chi connectivity index (χ0v) is 13.8. The predicted molar refractivity (Wildman–Crippen MR) is 82.1 cm³/mol. The number of carboxylic acids is 1.